The predicted molar refractivity (Wildman–Crippen MR) is 76.2 cm³/mol. The van der Waals surface area contributed by atoms with Gasteiger partial charge in [-0.2, -0.15) is 13.2 Å². The van der Waals surface area contributed by atoms with Crippen LogP contribution >= 0.6 is 15.9 Å². The van der Waals surface area contributed by atoms with Gasteiger partial charge in [0.1, 0.15) is 11.3 Å². The van der Waals surface area contributed by atoms with Crippen LogP contribution in [-0.4, -0.2) is 12.0 Å². The molecule has 1 heterocycles. The van der Waals surface area contributed by atoms with Gasteiger partial charge in [-0.1, -0.05) is 12.1 Å². The number of benzene rings is 1. The number of rotatable bonds is 4. The van der Waals surface area contributed by atoms with Crippen molar-refractivity contribution in [2.45, 2.75) is 12.7 Å². The number of pyridine rings is 1. The number of nitrogens with one attached hydrogen (secondary N) is 1. The summed E-state index contributed by atoms with van der Waals surface area (Å²) in [6.07, 6.45) is -3.27. The first kappa shape index (κ1) is 15.8. The highest BCUT2D eigenvalue weighted by Crippen LogP contribution is 2.38. The lowest BCUT2D eigenvalue weighted by Crippen LogP contribution is -2.08. The van der Waals surface area contributed by atoms with E-state index in [4.69, 9.17) is 4.74 Å². The van der Waals surface area contributed by atoms with Gasteiger partial charge in [0, 0.05) is 17.2 Å². The maximum Gasteiger partial charge on any atom is 0.421 e. The van der Waals surface area contributed by atoms with Crippen LogP contribution in [-0.2, 0) is 12.7 Å². The number of nitrogens with zero attached hydrogens (tertiary/aromatic N) is 1. The topological polar surface area (TPSA) is 34.1 Å². The molecule has 0 unspecified atom stereocenters. The Kier molecular flexibility index (Phi) is 4.84. The molecule has 3 nitrogen and oxygen atoms in total. The van der Waals surface area contributed by atoms with Gasteiger partial charge in [-0.25, -0.2) is 4.98 Å². The molecule has 112 valence electrons. The van der Waals surface area contributed by atoms with Crippen molar-refractivity contribution < 1.29 is 17.9 Å². The van der Waals surface area contributed by atoms with E-state index in [0.29, 0.717) is 12.3 Å². The number of hydrogen-bond donors (Lipinski definition) is 1. The fourth-order valence-electron chi connectivity index (χ4n) is 1.70. The van der Waals surface area contributed by atoms with Crippen molar-refractivity contribution in [2.75, 3.05) is 7.05 Å². The highest BCUT2D eigenvalue weighted by atomic mass is 79.9. The molecule has 0 aliphatic heterocycles. The van der Waals surface area contributed by atoms with Crippen LogP contribution in [0.1, 0.15) is 11.1 Å². The van der Waals surface area contributed by atoms with Gasteiger partial charge in [-0.3, -0.25) is 0 Å². The lowest BCUT2D eigenvalue weighted by atomic mass is 10.2. The lowest BCUT2D eigenvalue weighted by Gasteiger charge is -2.13. The molecule has 0 fully saturated rings. The van der Waals surface area contributed by atoms with Crippen molar-refractivity contribution in [3.8, 4) is 11.6 Å². The Bertz CT molecular complexity index is 615. The van der Waals surface area contributed by atoms with Gasteiger partial charge >= 0.3 is 6.18 Å². The van der Waals surface area contributed by atoms with Crippen molar-refractivity contribution in [2.24, 2.45) is 0 Å². The summed E-state index contributed by atoms with van der Waals surface area (Å²) in [5.41, 5.74) is 0.0841. The van der Waals surface area contributed by atoms with E-state index < -0.39 is 17.6 Å². The Morgan fingerprint density at radius 2 is 1.90 bits per heavy atom. The summed E-state index contributed by atoms with van der Waals surface area (Å²) in [7, 11) is 1.81. The first-order valence-corrected chi connectivity index (χ1v) is 6.83. The smallest absolute Gasteiger partial charge is 0.421 e. The highest BCUT2D eigenvalue weighted by molar-refractivity contribution is 9.10. The summed E-state index contributed by atoms with van der Waals surface area (Å²) < 4.78 is 44.3. The second-order valence-corrected chi connectivity index (χ2v) is 5.20. The Balaban J connectivity index is 2.27. The molecule has 0 aliphatic rings. The minimum atomic E-state index is -4.53. The monoisotopic (exact) mass is 360 g/mol. The van der Waals surface area contributed by atoms with Crippen LogP contribution in [0, 0.1) is 0 Å². The summed E-state index contributed by atoms with van der Waals surface area (Å²) in [6, 6.07) is 7.71. The lowest BCUT2D eigenvalue weighted by molar-refractivity contribution is -0.138. The molecule has 0 saturated heterocycles. The molecule has 0 atom stereocenters. The minimum Gasteiger partial charge on any atom is -0.438 e. The Labute approximate surface area is 128 Å². The molecule has 1 aromatic carbocycles. The van der Waals surface area contributed by atoms with Crippen LogP contribution in [0.3, 0.4) is 0 Å². The van der Waals surface area contributed by atoms with Crippen LogP contribution in [0.15, 0.2) is 41.0 Å². The maximum absolute atomic E-state index is 12.9. The van der Waals surface area contributed by atoms with E-state index in [0.717, 1.165) is 11.6 Å². The van der Waals surface area contributed by atoms with Crippen molar-refractivity contribution in [1.82, 2.24) is 10.3 Å². The van der Waals surface area contributed by atoms with Gasteiger partial charge in [-0.05, 0) is 46.7 Å². The quantitative estimate of drug-likeness (QED) is 0.878. The third-order valence-corrected chi connectivity index (χ3v) is 3.08. The molecule has 7 heteroatoms. The predicted octanol–water partition coefficient (Wildman–Crippen LogP) is 4.37. The van der Waals surface area contributed by atoms with E-state index in [-0.39, 0.29) is 4.47 Å². The zero-order chi connectivity index (χ0) is 15.5. The van der Waals surface area contributed by atoms with Gasteiger partial charge in [0.2, 0.25) is 5.88 Å². The van der Waals surface area contributed by atoms with Gasteiger partial charge in [0.15, 0.2) is 0 Å². The number of halogens is 4. The summed E-state index contributed by atoms with van der Waals surface area (Å²) >= 11 is 2.98. The average molecular weight is 361 g/mol. The largest absolute Gasteiger partial charge is 0.438 e. The summed E-state index contributed by atoms with van der Waals surface area (Å²) in [5, 5.41) is 2.98. The summed E-state index contributed by atoms with van der Waals surface area (Å²) in [6.45, 7) is 0.671. The number of hydrogen-bond acceptors (Lipinski definition) is 3. The van der Waals surface area contributed by atoms with Crippen LogP contribution in [0.5, 0.6) is 11.6 Å². The first-order chi connectivity index (χ1) is 9.90. The van der Waals surface area contributed by atoms with Crippen LogP contribution in [0.25, 0.3) is 0 Å². The molecule has 2 rings (SSSR count). The fraction of sp³-hybridized carbons (Fsp3) is 0.214. The van der Waals surface area contributed by atoms with E-state index >= 15 is 0 Å². The third kappa shape index (κ3) is 4.18. The van der Waals surface area contributed by atoms with Crippen molar-refractivity contribution in [1.29, 1.82) is 0 Å². The first-order valence-electron chi connectivity index (χ1n) is 6.04. The molecule has 1 aromatic heterocycles. The van der Waals surface area contributed by atoms with E-state index in [2.05, 4.69) is 26.2 Å². The highest BCUT2D eigenvalue weighted by Gasteiger charge is 2.35. The second kappa shape index (κ2) is 6.44. The number of alkyl halides is 3. The zero-order valence-corrected chi connectivity index (χ0v) is 12.6. The van der Waals surface area contributed by atoms with Gasteiger partial charge in [-0.15, -0.1) is 0 Å². The zero-order valence-electron chi connectivity index (χ0n) is 11.0. The molecule has 0 aliphatic carbocycles. The van der Waals surface area contributed by atoms with Crippen LogP contribution < -0.4 is 10.1 Å². The van der Waals surface area contributed by atoms with Crippen molar-refractivity contribution >= 4 is 15.9 Å². The van der Waals surface area contributed by atoms with E-state index in [9.17, 15) is 13.2 Å². The van der Waals surface area contributed by atoms with Crippen molar-refractivity contribution in [3.63, 3.8) is 0 Å². The summed E-state index contributed by atoms with van der Waals surface area (Å²) in [5.74, 6) is -0.165. The molecule has 2 aromatic rings. The average Bonchev–Trinajstić information content (AvgIpc) is 2.42. The molecule has 1 N–H and O–H groups in total. The van der Waals surface area contributed by atoms with Crippen molar-refractivity contribution in [3.05, 3.63) is 52.1 Å². The van der Waals surface area contributed by atoms with Gasteiger partial charge in [0.05, 0.1) is 0 Å². The molecular formula is C14H12BrF3N2O. The third-order valence-electron chi connectivity index (χ3n) is 2.64. The molecule has 0 spiro atoms. The second-order valence-electron chi connectivity index (χ2n) is 4.28. The van der Waals surface area contributed by atoms with Gasteiger partial charge in [0.25, 0.3) is 0 Å². The maximum atomic E-state index is 12.9. The fourth-order valence-corrected chi connectivity index (χ4v) is 2.03. The molecule has 0 saturated carbocycles. The molecule has 0 radical (unpaired) electrons. The molecular weight excluding hydrogens is 349 g/mol. The van der Waals surface area contributed by atoms with E-state index in [1.54, 1.807) is 24.3 Å². The van der Waals surface area contributed by atoms with E-state index in [1.807, 2.05) is 7.05 Å². The summed E-state index contributed by atoms with van der Waals surface area (Å²) in [4.78, 5) is 3.70. The Morgan fingerprint density at radius 3 is 2.48 bits per heavy atom. The van der Waals surface area contributed by atoms with Crippen LogP contribution in [0.4, 0.5) is 13.2 Å². The normalized spacial score (nSPS) is 11.5. The van der Waals surface area contributed by atoms with E-state index in [1.165, 1.54) is 6.20 Å². The Morgan fingerprint density at radius 1 is 1.24 bits per heavy atom. The SMILES string of the molecule is CNCc1ccc(Oc2ncc(Br)cc2C(F)(F)F)cc1. The molecule has 21 heavy (non-hydrogen) atoms. The number of aromatic nitrogens is 1. The minimum absolute atomic E-state index is 0.242. The Hall–Kier alpha value is -1.60. The number of ether oxygens (including phenoxy) is 1. The standard InChI is InChI=1S/C14H12BrF3N2O/c1-19-7-9-2-4-11(5-3-9)21-13-12(14(16,17)18)6-10(15)8-20-13/h2-6,8,19H,7H2,1H3. The molecule has 0 bridgehead atoms. The van der Waals surface area contributed by atoms with Crippen LogP contribution in [0.2, 0.25) is 0 Å². The molecule has 0 amide bonds. The van der Waals surface area contributed by atoms with Gasteiger partial charge < -0.3 is 10.1 Å².